The van der Waals surface area contributed by atoms with Crippen LogP contribution < -0.4 is 0 Å². The van der Waals surface area contributed by atoms with E-state index < -0.39 is 11.6 Å². The van der Waals surface area contributed by atoms with Gasteiger partial charge in [0.1, 0.15) is 5.60 Å². The van der Waals surface area contributed by atoms with Gasteiger partial charge >= 0.3 is 5.97 Å². The highest BCUT2D eigenvalue weighted by Gasteiger charge is 2.22. The molecule has 1 aromatic carbocycles. The Morgan fingerprint density at radius 2 is 2.17 bits per heavy atom. The third-order valence-corrected chi connectivity index (χ3v) is 2.88. The number of ether oxygens (including phenoxy) is 1. The summed E-state index contributed by atoms with van der Waals surface area (Å²) in [6.45, 7) is 5.57. The summed E-state index contributed by atoms with van der Waals surface area (Å²) in [5.74, 6) is -0.492. The molecule has 0 fully saturated rings. The van der Waals surface area contributed by atoms with Crippen LogP contribution in [0.15, 0.2) is 23.2 Å². The molecular formula is C13H14ClNO3. The van der Waals surface area contributed by atoms with Crippen LogP contribution in [0.4, 0.5) is 5.69 Å². The fourth-order valence-electron chi connectivity index (χ4n) is 1.17. The van der Waals surface area contributed by atoms with Crippen molar-refractivity contribution < 1.29 is 14.3 Å². The Bertz CT molecular complexity index is 505. The molecule has 1 rings (SSSR count). The van der Waals surface area contributed by atoms with Crippen LogP contribution in [0.2, 0.25) is 5.02 Å². The molecule has 0 spiro atoms. The fraction of sp³-hybridized carbons (Fsp3) is 0.385. The number of halogens is 1. The van der Waals surface area contributed by atoms with E-state index >= 15 is 0 Å². The van der Waals surface area contributed by atoms with E-state index in [4.69, 9.17) is 16.3 Å². The molecule has 5 heteroatoms. The molecular weight excluding hydrogens is 254 g/mol. The van der Waals surface area contributed by atoms with Crippen LogP contribution in [-0.2, 0) is 9.53 Å². The van der Waals surface area contributed by atoms with Crippen molar-refractivity contribution in [3.05, 3.63) is 28.8 Å². The maximum absolute atomic E-state index is 11.9. The van der Waals surface area contributed by atoms with Crippen LogP contribution in [0.1, 0.15) is 37.6 Å². The van der Waals surface area contributed by atoms with E-state index in [9.17, 15) is 9.59 Å². The highest BCUT2D eigenvalue weighted by atomic mass is 35.5. The molecule has 0 atom stereocenters. The molecule has 0 heterocycles. The monoisotopic (exact) mass is 267 g/mol. The Hall–Kier alpha value is -1.64. The van der Waals surface area contributed by atoms with Crippen LogP contribution in [0.3, 0.4) is 0 Å². The zero-order valence-corrected chi connectivity index (χ0v) is 11.2. The summed E-state index contributed by atoms with van der Waals surface area (Å²) in [5.41, 5.74) is 0.0596. The molecule has 96 valence electrons. The minimum Gasteiger partial charge on any atom is -0.456 e. The largest absolute Gasteiger partial charge is 0.456 e. The van der Waals surface area contributed by atoms with Gasteiger partial charge in [-0.05, 0) is 38.5 Å². The van der Waals surface area contributed by atoms with Crippen LogP contribution in [-0.4, -0.2) is 17.7 Å². The summed E-state index contributed by atoms with van der Waals surface area (Å²) in [6.07, 6.45) is 2.11. The number of esters is 1. The predicted molar refractivity (Wildman–Crippen MR) is 69.0 cm³/mol. The second-order valence-corrected chi connectivity index (χ2v) is 4.78. The van der Waals surface area contributed by atoms with E-state index in [-0.39, 0.29) is 10.6 Å². The number of isocyanates is 1. The lowest BCUT2D eigenvalue weighted by molar-refractivity contribution is -0.00240. The Balaban J connectivity index is 2.97. The molecule has 0 unspecified atom stereocenters. The molecule has 0 radical (unpaired) electrons. The molecule has 4 nitrogen and oxygen atoms in total. The van der Waals surface area contributed by atoms with Gasteiger partial charge in [0, 0.05) is 0 Å². The van der Waals surface area contributed by atoms with E-state index in [0.717, 1.165) is 0 Å². The zero-order valence-electron chi connectivity index (χ0n) is 10.5. The minimum absolute atomic E-state index is 0.198. The highest BCUT2D eigenvalue weighted by molar-refractivity contribution is 6.33. The van der Waals surface area contributed by atoms with Crippen molar-refractivity contribution in [3.63, 3.8) is 0 Å². The van der Waals surface area contributed by atoms with Crippen LogP contribution in [0, 0.1) is 0 Å². The van der Waals surface area contributed by atoms with E-state index in [1.807, 2.05) is 20.8 Å². The average molecular weight is 268 g/mol. The minimum atomic E-state index is -0.542. The molecule has 0 N–H and O–H groups in total. The number of nitrogens with zero attached hydrogens (tertiary/aromatic N) is 1. The summed E-state index contributed by atoms with van der Waals surface area (Å²) in [4.78, 5) is 25.4. The summed E-state index contributed by atoms with van der Waals surface area (Å²) in [7, 11) is 0. The first-order valence-electron chi connectivity index (χ1n) is 5.50. The first kappa shape index (κ1) is 14.4. The second kappa shape index (κ2) is 5.80. The van der Waals surface area contributed by atoms with Gasteiger partial charge in [-0.25, -0.2) is 9.59 Å². The molecule has 18 heavy (non-hydrogen) atoms. The maximum atomic E-state index is 11.9. The lowest BCUT2D eigenvalue weighted by Gasteiger charge is -2.23. The van der Waals surface area contributed by atoms with Crippen LogP contribution in [0.25, 0.3) is 0 Å². The Kier molecular flexibility index (Phi) is 4.65. The number of aliphatic imine (C=N–C) groups is 1. The van der Waals surface area contributed by atoms with Crippen molar-refractivity contribution in [3.8, 4) is 0 Å². The number of benzene rings is 1. The van der Waals surface area contributed by atoms with Crippen molar-refractivity contribution in [2.24, 2.45) is 4.99 Å². The SMILES string of the molecule is CCC(C)(C)OC(=O)c1ccc(N=C=O)cc1Cl. The summed E-state index contributed by atoms with van der Waals surface area (Å²) in [5, 5.41) is 0.198. The maximum Gasteiger partial charge on any atom is 0.340 e. The van der Waals surface area contributed by atoms with Gasteiger partial charge in [0.2, 0.25) is 6.08 Å². The quantitative estimate of drug-likeness (QED) is 0.475. The smallest absolute Gasteiger partial charge is 0.340 e. The predicted octanol–water partition coefficient (Wildman–Crippen LogP) is 3.65. The van der Waals surface area contributed by atoms with Gasteiger partial charge in [-0.3, -0.25) is 0 Å². The second-order valence-electron chi connectivity index (χ2n) is 4.37. The average Bonchev–Trinajstić information content (AvgIpc) is 2.29. The lowest BCUT2D eigenvalue weighted by Crippen LogP contribution is -2.27. The van der Waals surface area contributed by atoms with Crippen molar-refractivity contribution in [1.82, 2.24) is 0 Å². The molecule has 0 amide bonds. The summed E-state index contributed by atoms with van der Waals surface area (Å²) >= 11 is 5.94. The van der Waals surface area contributed by atoms with Crippen molar-refractivity contribution >= 4 is 29.3 Å². The number of hydrogen-bond donors (Lipinski definition) is 0. The fourth-order valence-corrected chi connectivity index (χ4v) is 1.42. The van der Waals surface area contributed by atoms with Gasteiger partial charge in [-0.1, -0.05) is 18.5 Å². The first-order valence-corrected chi connectivity index (χ1v) is 5.88. The van der Waals surface area contributed by atoms with Crippen molar-refractivity contribution in [1.29, 1.82) is 0 Å². The normalized spacial score (nSPS) is 10.7. The van der Waals surface area contributed by atoms with Crippen molar-refractivity contribution in [2.75, 3.05) is 0 Å². The van der Waals surface area contributed by atoms with Gasteiger partial charge in [0.15, 0.2) is 0 Å². The number of carbonyl (C=O) groups is 1. The zero-order chi connectivity index (χ0) is 13.8. The number of carbonyl (C=O) groups excluding carboxylic acids is 2. The van der Waals surface area contributed by atoms with Gasteiger partial charge < -0.3 is 4.74 Å². The standard InChI is InChI=1S/C13H14ClNO3/c1-4-13(2,3)18-12(17)10-6-5-9(15-8-16)7-11(10)14/h5-7H,4H2,1-3H3. The highest BCUT2D eigenvalue weighted by Crippen LogP contribution is 2.25. The van der Waals surface area contributed by atoms with Crippen LogP contribution in [0.5, 0.6) is 0 Å². The summed E-state index contributed by atoms with van der Waals surface area (Å²) in [6, 6.07) is 4.40. The van der Waals surface area contributed by atoms with Gasteiger partial charge in [-0.2, -0.15) is 4.99 Å². The van der Waals surface area contributed by atoms with Gasteiger partial charge in [0.05, 0.1) is 16.3 Å². The van der Waals surface area contributed by atoms with E-state index in [0.29, 0.717) is 12.1 Å². The Morgan fingerprint density at radius 1 is 1.50 bits per heavy atom. The van der Waals surface area contributed by atoms with Gasteiger partial charge in [-0.15, -0.1) is 0 Å². The number of rotatable bonds is 4. The molecule has 0 bridgehead atoms. The molecule has 0 saturated carbocycles. The molecule has 1 aromatic rings. The number of hydrogen-bond acceptors (Lipinski definition) is 4. The van der Waals surface area contributed by atoms with Crippen molar-refractivity contribution in [2.45, 2.75) is 32.8 Å². The summed E-state index contributed by atoms with van der Waals surface area (Å²) < 4.78 is 5.32. The van der Waals surface area contributed by atoms with Gasteiger partial charge in [0.25, 0.3) is 0 Å². The first-order chi connectivity index (χ1) is 8.39. The topological polar surface area (TPSA) is 55.7 Å². The van der Waals surface area contributed by atoms with E-state index in [1.54, 1.807) is 0 Å². The third-order valence-electron chi connectivity index (χ3n) is 2.57. The van der Waals surface area contributed by atoms with Crippen LogP contribution >= 0.6 is 11.6 Å². The third kappa shape index (κ3) is 3.69. The van der Waals surface area contributed by atoms with E-state index in [1.165, 1.54) is 24.3 Å². The molecule has 0 saturated heterocycles. The lowest BCUT2D eigenvalue weighted by atomic mass is 10.1. The molecule has 0 aliphatic carbocycles. The molecule has 0 aliphatic heterocycles. The van der Waals surface area contributed by atoms with E-state index in [2.05, 4.69) is 4.99 Å². The molecule has 0 aromatic heterocycles. The Labute approximate surface area is 111 Å². The molecule has 0 aliphatic rings. The Morgan fingerprint density at radius 3 is 2.67 bits per heavy atom.